The van der Waals surface area contributed by atoms with Crippen LogP contribution in [0.5, 0.6) is 0 Å². The minimum atomic E-state index is -2.29. The maximum absolute atomic E-state index is 15.5. The van der Waals surface area contributed by atoms with E-state index in [0.717, 1.165) is 38.9 Å². The fourth-order valence-corrected chi connectivity index (χ4v) is 14.5. The zero-order valence-electron chi connectivity index (χ0n) is 36.7. The minimum absolute atomic E-state index is 0.0680. The van der Waals surface area contributed by atoms with E-state index in [-0.39, 0.29) is 24.5 Å². The van der Waals surface area contributed by atoms with Crippen molar-refractivity contribution in [2.45, 2.75) is 101 Å². The Labute approximate surface area is 359 Å². The number of hydrogen-bond donors (Lipinski definition) is 3. The van der Waals surface area contributed by atoms with Crippen molar-refractivity contribution in [3.63, 3.8) is 0 Å². The lowest BCUT2D eigenvalue weighted by atomic mass is 9.46. The van der Waals surface area contributed by atoms with Gasteiger partial charge in [-0.3, -0.25) is 19.4 Å². The molecule has 9 rings (SSSR count). The fourth-order valence-electron chi connectivity index (χ4n) is 14.5. The Balaban J connectivity index is 1.32. The maximum Gasteiger partial charge on any atom is 0.344 e. The van der Waals surface area contributed by atoms with E-state index < -0.39 is 63.6 Å². The number of aliphatic hydroxyl groups excluding tert-OH is 1. The Morgan fingerprint density at radius 2 is 1.75 bits per heavy atom. The number of benzene rings is 1. The summed E-state index contributed by atoms with van der Waals surface area (Å²) in [5.74, 6) is -2.51. The smallest absolute Gasteiger partial charge is 0.344 e. The number of hydrogen-bond acceptors (Lipinski definition) is 13. The van der Waals surface area contributed by atoms with Crippen LogP contribution in [0.3, 0.4) is 0 Å². The number of ether oxygens (including phenoxy) is 4. The predicted octanol–water partition coefficient (Wildman–Crippen LogP) is 2.03. The van der Waals surface area contributed by atoms with Crippen molar-refractivity contribution in [2.75, 3.05) is 61.1 Å². The lowest BCUT2D eigenvalue weighted by Crippen LogP contribution is -2.79. The van der Waals surface area contributed by atoms with Gasteiger partial charge in [-0.05, 0) is 85.4 Å². The fraction of sp³-hybridized carbons (Fsp3) is 0.638. The average molecular weight is 840 g/mol. The van der Waals surface area contributed by atoms with Crippen molar-refractivity contribution in [3.05, 3.63) is 70.4 Å². The molecule has 6 aliphatic heterocycles. The molecule has 13 nitrogen and oxygen atoms in total. The molecule has 0 aromatic heterocycles. The molecule has 61 heavy (non-hydrogen) atoms. The van der Waals surface area contributed by atoms with E-state index in [4.69, 9.17) is 18.9 Å². The molecule has 328 valence electrons. The first-order valence-electron chi connectivity index (χ1n) is 22.2. The zero-order chi connectivity index (χ0) is 43.4. The molecule has 1 aromatic carbocycles. The lowest BCUT2D eigenvalue weighted by molar-refractivity contribution is -0.243. The second-order valence-electron chi connectivity index (χ2n) is 19.3. The van der Waals surface area contributed by atoms with Crippen molar-refractivity contribution in [3.8, 4) is 0 Å². The van der Waals surface area contributed by atoms with Crippen LogP contribution in [-0.2, 0) is 39.9 Å². The van der Waals surface area contributed by atoms with E-state index >= 15 is 4.79 Å². The molecule has 8 aliphatic rings. The van der Waals surface area contributed by atoms with E-state index in [0.29, 0.717) is 78.5 Å². The third kappa shape index (κ3) is 5.70. The number of aliphatic hydroxyl groups is 3. The molecule has 0 amide bonds. The number of carbonyl (C=O) groups is 3. The van der Waals surface area contributed by atoms with Gasteiger partial charge in [-0.2, -0.15) is 0 Å². The molecular formula is C47H62BN3O10. The summed E-state index contributed by atoms with van der Waals surface area (Å²) in [4.78, 5) is 49.7. The molecule has 1 saturated carbocycles. The highest BCUT2D eigenvalue weighted by molar-refractivity contribution is 6.67. The molecule has 1 aromatic rings. The molecule has 3 N–H and O–H groups in total. The highest BCUT2D eigenvalue weighted by Crippen LogP contribution is 2.70. The van der Waals surface area contributed by atoms with Crippen molar-refractivity contribution in [2.24, 2.45) is 28.1 Å². The van der Waals surface area contributed by atoms with Gasteiger partial charge in [0.25, 0.3) is 0 Å². The Hall–Kier alpha value is -3.79. The number of likely N-dealkylation sites (tertiary alicyclic amines) is 1. The molecular weight excluding hydrogens is 777 g/mol. The summed E-state index contributed by atoms with van der Waals surface area (Å²) in [6.45, 7) is 8.54. The number of allylic oxidation sites excluding steroid dienone is 1. The highest BCUT2D eigenvalue weighted by Gasteiger charge is 2.81. The van der Waals surface area contributed by atoms with Crippen LogP contribution in [0.25, 0.3) is 5.57 Å². The van der Waals surface area contributed by atoms with Crippen molar-refractivity contribution in [1.29, 1.82) is 0 Å². The van der Waals surface area contributed by atoms with Crippen molar-refractivity contribution >= 4 is 36.2 Å². The van der Waals surface area contributed by atoms with Crippen LogP contribution in [0.2, 0.25) is 0 Å². The van der Waals surface area contributed by atoms with Crippen LogP contribution in [0.4, 0.5) is 0 Å². The maximum atomic E-state index is 15.5. The van der Waals surface area contributed by atoms with E-state index in [1.54, 1.807) is 7.11 Å². The van der Waals surface area contributed by atoms with E-state index in [1.165, 1.54) is 21.1 Å². The molecule has 6 heterocycles. The predicted molar refractivity (Wildman–Crippen MR) is 228 cm³/mol. The number of rotatable bonds is 8. The second-order valence-corrected chi connectivity index (χ2v) is 19.3. The number of likely N-dealkylation sites (N-methyl/N-ethyl adjacent to an activating group) is 1. The number of esters is 3. The first kappa shape index (κ1) is 42.5. The van der Waals surface area contributed by atoms with Gasteiger partial charge in [-0.25, -0.2) is 4.79 Å². The topological polar surface area (TPSA) is 159 Å². The number of fused-ring (bicyclic) bond motifs is 5. The third-order valence-corrected chi connectivity index (χ3v) is 16.7. The molecule has 2 aliphatic carbocycles. The average Bonchev–Trinajstić information content (AvgIpc) is 3.92. The quantitative estimate of drug-likeness (QED) is 0.151. The number of nitrogens with zero attached hydrogens (tertiary/aromatic N) is 3. The van der Waals surface area contributed by atoms with E-state index in [9.17, 15) is 24.9 Å². The van der Waals surface area contributed by atoms with E-state index in [1.807, 2.05) is 31.9 Å². The molecule has 2 bridgehead atoms. The van der Waals surface area contributed by atoms with Crippen LogP contribution in [-0.4, -0.2) is 152 Å². The van der Waals surface area contributed by atoms with Gasteiger partial charge in [0.2, 0.25) is 5.60 Å². The van der Waals surface area contributed by atoms with Crippen LogP contribution in [0.15, 0.2) is 59.2 Å². The Morgan fingerprint density at radius 1 is 0.984 bits per heavy atom. The third-order valence-electron chi connectivity index (χ3n) is 16.7. The molecule has 1 spiro atoms. The Bertz CT molecular complexity index is 2160. The number of piperidine rings is 1. The Morgan fingerprint density at radius 3 is 2.43 bits per heavy atom. The van der Waals surface area contributed by atoms with Gasteiger partial charge in [0.15, 0.2) is 13.4 Å². The lowest BCUT2D eigenvalue weighted by Gasteiger charge is -2.63. The van der Waals surface area contributed by atoms with Gasteiger partial charge in [0.1, 0.15) is 0 Å². The first-order valence-corrected chi connectivity index (χ1v) is 22.2. The highest BCUT2D eigenvalue weighted by atomic mass is 16.6. The minimum Gasteiger partial charge on any atom is -0.468 e. The number of carbonyl (C=O) groups excluding carboxylic acids is 3. The van der Waals surface area contributed by atoms with Crippen LogP contribution in [0.1, 0.15) is 70.4 Å². The summed E-state index contributed by atoms with van der Waals surface area (Å²) in [7, 11) is 6.78. The first-order chi connectivity index (χ1) is 29.2. The van der Waals surface area contributed by atoms with Gasteiger partial charge in [0, 0.05) is 75.7 Å². The number of methoxy groups -OCH3 is 3. The second kappa shape index (κ2) is 14.9. The summed E-state index contributed by atoms with van der Waals surface area (Å²) in [6.07, 6.45) is 9.73. The SMILES string of the molecule is CC[C@]1(O)C[C@H]2CN(CCC3=C(Bc4ccc(CO)cc43)[C@@](C(=O)OC)(C3C=C4C(=CC3OC)N(C)[C@H]3[C@@](O)(C(=O)OC)[C@H](OC(C)=O)[C@]5(CC)C=CCN6CC[C@]43[C@@H]65)C2)C1. The largest absolute Gasteiger partial charge is 0.468 e. The van der Waals surface area contributed by atoms with Gasteiger partial charge in [-0.1, -0.05) is 55.1 Å². The summed E-state index contributed by atoms with van der Waals surface area (Å²) in [5, 5.41) is 35.7. The molecule has 0 radical (unpaired) electrons. The normalized spacial score (nSPS) is 40.8. The van der Waals surface area contributed by atoms with Crippen molar-refractivity contribution in [1.82, 2.24) is 14.7 Å². The van der Waals surface area contributed by atoms with Crippen molar-refractivity contribution < 1.29 is 48.7 Å². The summed E-state index contributed by atoms with van der Waals surface area (Å²) >= 11 is 0. The van der Waals surface area contributed by atoms with Gasteiger partial charge in [-0.15, -0.1) is 0 Å². The van der Waals surface area contributed by atoms with Crippen LogP contribution < -0.4 is 5.46 Å². The molecule has 4 fully saturated rings. The van der Waals surface area contributed by atoms with Gasteiger partial charge >= 0.3 is 17.9 Å². The van der Waals surface area contributed by atoms with Gasteiger partial charge in [0.05, 0.1) is 44.0 Å². The summed E-state index contributed by atoms with van der Waals surface area (Å²) in [5.41, 5.74) is 0.358. The molecule has 3 saturated heterocycles. The summed E-state index contributed by atoms with van der Waals surface area (Å²) < 4.78 is 24.2. The van der Waals surface area contributed by atoms with E-state index in [2.05, 4.69) is 46.2 Å². The Kier molecular flexibility index (Phi) is 10.4. The molecule has 12 atom stereocenters. The standard InChI is InChI=1S/C47H62BN3O10/c1-8-43(56)22-29-23-46(41(54)59-6,37-30(13-17-50(24-29)26-43)31-19-28(25-52)11-12-34(31)48-37)33-20-32-35(21-36(33)58-5)49(4)39-45(32)15-18-51-16-10-14-44(9-2,38(45)51)40(61-27(3)53)47(39,57)42(55)60-7/h10-12,14,19-21,29,33,36,38-40,48,52,56-57H,8-9,13,15-18,22-26H2,1-7H3/t29-,33?,36?,38+,39-,40-,43+,44-,45-,46+,47+/m1/s1. The molecule has 3 unspecified atom stereocenters. The zero-order valence-corrected chi connectivity index (χ0v) is 36.7. The van der Waals surface area contributed by atoms with Gasteiger partial charge < -0.3 is 39.2 Å². The van der Waals surface area contributed by atoms with Crippen LogP contribution >= 0.6 is 0 Å². The van der Waals surface area contributed by atoms with Crippen LogP contribution in [0, 0.1) is 28.1 Å². The monoisotopic (exact) mass is 839 g/mol. The molecule has 14 heteroatoms. The summed E-state index contributed by atoms with van der Waals surface area (Å²) in [6, 6.07) is 4.88.